The van der Waals surface area contributed by atoms with Crippen molar-refractivity contribution in [1.29, 1.82) is 0 Å². The summed E-state index contributed by atoms with van der Waals surface area (Å²) in [4.78, 5) is 0. The molecule has 0 saturated carbocycles. The van der Waals surface area contributed by atoms with Gasteiger partial charge in [0.2, 0.25) is 0 Å². The Kier molecular flexibility index (Phi) is 3.35. The second kappa shape index (κ2) is 4.10. The average Bonchev–Trinajstić information content (AvgIpc) is 2.01. The quantitative estimate of drug-likeness (QED) is 0.575. The predicted molar refractivity (Wildman–Crippen MR) is 52.2 cm³/mol. The van der Waals surface area contributed by atoms with Crippen LogP contribution in [0.1, 0.15) is 18.5 Å². The van der Waals surface area contributed by atoms with Crippen LogP contribution in [0.3, 0.4) is 0 Å². The second-order valence-corrected chi connectivity index (χ2v) is 3.46. The van der Waals surface area contributed by atoms with Crippen molar-refractivity contribution < 1.29 is 0 Å². The molecule has 1 aromatic carbocycles. The topological polar surface area (TPSA) is 38.0 Å². The van der Waals surface area contributed by atoms with Gasteiger partial charge < -0.3 is 0 Å². The van der Waals surface area contributed by atoms with Crippen LogP contribution in [-0.4, -0.2) is 0 Å². The van der Waals surface area contributed by atoms with E-state index >= 15 is 0 Å². The van der Waals surface area contributed by atoms with Crippen LogP contribution >= 0.6 is 23.2 Å². The van der Waals surface area contributed by atoms with Crippen molar-refractivity contribution >= 4 is 23.2 Å². The van der Waals surface area contributed by atoms with E-state index < -0.39 is 0 Å². The maximum Gasteiger partial charge on any atom is 0.0432 e. The van der Waals surface area contributed by atoms with Crippen LogP contribution < -0.4 is 11.3 Å². The van der Waals surface area contributed by atoms with Crippen LogP contribution in [0.15, 0.2) is 18.2 Å². The van der Waals surface area contributed by atoms with E-state index in [2.05, 4.69) is 5.43 Å². The van der Waals surface area contributed by atoms with Gasteiger partial charge in [0.15, 0.2) is 0 Å². The molecule has 0 aliphatic carbocycles. The van der Waals surface area contributed by atoms with Crippen molar-refractivity contribution in [2.24, 2.45) is 5.84 Å². The Morgan fingerprint density at radius 3 is 2.17 bits per heavy atom. The minimum atomic E-state index is 0.0567. The van der Waals surface area contributed by atoms with Crippen LogP contribution in [0.4, 0.5) is 0 Å². The highest BCUT2D eigenvalue weighted by atomic mass is 35.5. The van der Waals surface area contributed by atoms with Crippen LogP contribution in [0.25, 0.3) is 0 Å². The highest BCUT2D eigenvalue weighted by Gasteiger charge is 2.04. The van der Waals surface area contributed by atoms with E-state index in [9.17, 15) is 0 Å². The standard InChI is InChI=1S/C8H10Cl2N2/c1-5(12-11)6-2-7(9)4-8(10)3-6/h2-5,12H,11H2,1H3. The van der Waals surface area contributed by atoms with Crippen molar-refractivity contribution in [1.82, 2.24) is 5.43 Å². The lowest BCUT2D eigenvalue weighted by molar-refractivity contribution is 0.602. The van der Waals surface area contributed by atoms with E-state index in [1.54, 1.807) is 6.07 Å². The third-order valence-electron chi connectivity index (χ3n) is 1.63. The summed E-state index contributed by atoms with van der Waals surface area (Å²) >= 11 is 11.6. The first-order valence-electron chi connectivity index (χ1n) is 3.55. The molecule has 0 saturated heterocycles. The van der Waals surface area contributed by atoms with Crippen molar-refractivity contribution in [2.45, 2.75) is 13.0 Å². The van der Waals surface area contributed by atoms with Gasteiger partial charge in [-0.2, -0.15) is 0 Å². The van der Waals surface area contributed by atoms with Crippen LogP contribution in [-0.2, 0) is 0 Å². The first-order valence-corrected chi connectivity index (χ1v) is 4.31. The van der Waals surface area contributed by atoms with E-state index in [-0.39, 0.29) is 6.04 Å². The van der Waals surface area contributed by atoms with Gasteiger partial charge in [0, 0.05) is 16.1 Å². The van der Waals surface area contributed by atoms with Gasteiger partial charge in [0.1, 0.15) is 0 Å². The Labute approximate surface area is 81.6 Å². The van der Waals surface area contributed by atoms with Crippen molar-refractivity contribution in [3.63, 3.8) is 0 Å². The van der Waals surface area contributed by atoms with E-state index in [1.807, 2.05) is 19.1 Å². The highest BCUT2D eigenvalue weighted by molar-refractivity contribution is 6.34. The molecule has 0 radical (unpaired) electrons. The number of hydrogen-bond acceptors (Lipinski definition) is 2. The first-order chi connectivity index (χ1) is 5.63. The molecule has 0 spiro atoms. The summed E-state index contributed by atoms with van der Waals surface area (Å²) < 4.78 is 0. The summed E-state index contributed by atoms with van der Waals surface area (Å²) in [5, 5.41) is 1.25. The summed E-state index contributed by atoms with van der Waals surface area (Å²) in [7, 11) is 0. The van der Waals surface area contributed by atoms with Gasteiger partial charge in [-0.1, -0.05) is 23.2 Å². The molecular weight excluding hydrogens is 195 g/mol. The van der Waals surface area contributed by atoms with Gasteiger partial charge >= 0.3 is 0 Å². The molecular formula is C8H10Cl2N2. The lowest BCUT2D eigenvalue weighted by atomic mass is 10.1. The Bertz CT molecular complexity index is 256. The van der Waals surface area contributed by atoms with Gasteiger partial charge in [-0.15, -0.1) is 0 Å². The van der Waals surface area contributed by atoms with Crippen molar-refractivity contribution in [3.8, 4) is 0 Å². The normalized spacial score (nSPS) is 13.0. The van der Waals surface area contributed by atoms with Crippen LogP contribution in [0, 0.1) is 0 Å². The van der Waals surface area contributed by atoms with Crippen LogP contribution in [0.2, 0.25) is 10.0 Å². The Morgan fingerprint density at radius 2 is 1.75 bits per heavy atom. The largest absolute Gasteiger partial charge is 0.271 e. The number of benzene rings is 1. The molecule has 1 atom stereocenters. The number of nitrogens with one attached hydrogen (secondary N) is 1. The fourth-order valence-corrected chi connectivity index (χ4v) is 1.46. The number of halogens is 2. The summed E-state index contributed by atoms with van der Waals surface area (Å²) in [6.07, 6.45) is 0. The minimum absolute atomic E-state index is 0.0567. The third-order valence-corrected chi connectivity index (χ3v) is 2.07. The lowest BCUT2D eigenvalue weighted by Crippen LogP contribution is -2.25. The van der Waals surface area contributed by atoms with Gasteiger partial charge in [-0.25, -0.2) is 0 Å². The van der Waals surface area contributed by atoms with Crippen LogP contribution in [0.5, 0.6) is 0 Å². The lowest BCUT2D eigenvalue weighted by Gasteiger charge is -2.10. The van der Waals surface area contributed by atoms with Crippen molar-refractivity contribution in [2.75, 3.05) is 0 Å². The molecule has 0 heterocycles. The molecule has 12 heavy (non-hydrogen) atoms. The Balaban J connectivity index is 3.00. The first kappa shape index (κ1) is 9.81. The fourth-order valence-electron chi connectivity index (χ4n) is 0.921. The van der Waals surface area contributed by atoms with E-state index in [0.29, 0.717) is 10.0 Å². The van der Waals surface area contributed by atoms with Gasteiger partial charge in [0.05, 0.1) is 0 Å². The number of hydrogen-bond donors (Lipinski definition) is 2. The Morgan fingerprint density at radius 1 is 1.25 bits per heavy atom. The van der Waals surface area contributed by atoms with Gasteiger partial charge in [-0.05, 0) is 30.7 Å². The molecule has 0 aliphatic rings. The SMILES string of the molecule is CC(NN)c1cc(Cl)cc(Cl)c1. The summed E-state index contributed by atoms with van der Waals surface area (Å²) in [5.74, 6) is 5.27. The molecule has 0 aromatic heterocycles. The zero-order valence-electron chi connectivity index (χ0n) is 6.64. The molecule has 1 aromatic rings. The fraction of sp³-hybridized carbons (Fsp3) is 0.250. The smallest absolute Gasteiger partial charge is 0.0432 e. The molecule has 0 aliphatic heterocycles. The molecule has 2 nitrogen and oxygen atoms in total. The molecule has 0 amide bonds. The minimum Gasteiger partial charge on any atom is -0.271 e. The van der Waals surface area contributed by atoms with Crippen molar-refractivity contribution in [3.05, 3.63) is 33.8 Å². The number of rotatable bonds is 2. The number of hydrazine groups is 1. The molecule has 1 unspecified atom stereocenters. The predicted octanol–water partition coefficient (Wildman–Crippen LogP) is 2.52. The zero-order valence-corrected chi connectivity index (χ0v) is 8.15. The Hall–Kier alpha value is -0.280. The summed E-state index contributed by atoms with van der Waals surface area (Å²) in [6.45, 7) is 1.93. The van der Waals surface area contributed by atoms with E-state index in [1.165, 1.54) is 0 Å². The monoisotopic (exact) mass is 204 g/mol. The second-order valence-electron chi connectivity index (χ2n) is 2.59. The van der Waals surface area contributed by atoms with E-state index in [4.69, 9.17) is 29.0 Å². The van der Waals surface area contributed by atoms with E-state index in [0.717, 1.165) is 5.56 Å². The molecule has 0 fully saturated rings. The third kappa shape index (κ3) is 2.35. The number of nitrogens with two attached hydrogens (primary N) is 1. The zero-order chi connectivity index (χ0) is 9.14. The maximum absolute atomic E-state index is 5.80. The van der Waals surface area contributed by atoms with Gasteiger partial charge in [-0.3, -0.25) is 11.3 Å². The summed E-state index contributed by atoms with van der Waals surface area (Å²) in [6, 6.07) is 5.41. The molecule has 66 valence electrons. The molecule has 3 N–H and O–H groups in total. The highest BCUT2D eigenvalue weighted by Crippen LogP contribution is 2.22. The summed E-state index contributed by atoms with van der Waals surface area (Å²) in [5.41, 5.74) is 3.60. The molecule has 0 bridgehead atoms. The maximum atomic E-state index is 5.80. The van der Waals surface area contributed by atoms with Gasteiger partial charge in [0.25, 0.3) is 0 Å². The molecule has 4 heteroatoms. The molecule has 1 rings (SSSR count). The average molecular weight is 205 g/mol.